The summed E-state index contributed by atoms with van der Waals surface area (Å²) in [4.78, 5) is 28.0. The summed E-state index contributed by atoms with van der Waals surface area (Å²) in [5.41, 5.74) is 3.39. The highest BCUT2D eigenvalue weighted by Gasteiger charge is 2.24. The van der Waals surface area contributed by atoms with E-state index in [1.807, 2.05) is 30.0 Å². The van der Waals surface area contributed by atoms with Crippen molar-refractivity contribution in [1.29, 1.82) is 0 Å². The van der Waals surface area contributed by atoms with E-state index in [1.54, 1.807) is 18.4 Å². The highest BCUT2D eigenvalue weighted by molar-refractivity contribution is 7.10. The number of thiophene rings is 1. The molecular weight excluding hydrogens is 322 g/mol. The summed E-state index contributed by atoms with van der Waals surface area (Å²) < 4.78 is 0. The van der Waals surface area contributed by atoms with Gasteiger partial charge in [0.2, 0.25) is 5.91 Å². The summed E-state index contributed by atoms with van der Waals surface area (Å²) in [6, 6.07) is 7.57. The first-order chi connectivity index (χ1) is 11.6. The fourth-order valence-corrected chi connectivity index (χ4v) is 3.84. The van der Waals surface area contributed by atoms with E-state index in [0.29, 0.717) is 17.8 Å². The van der Waals surface area contributed by atoms with Crippen LogP contribution in [-0.4, -0.2) is 36.9 Å². The number of nitrogens with zero attached hydrogens (tertiary/aromatic N) is 1. The van der Waals surface area contributed by atoms with E-state index in [1.165, 1.54) is 10.4 Å². The molecule has 0 saturated heterocycles. The molecule has 0 fully saturated rings. The normalized spacial score (nSPS) is 13.5. The predicted octanol–water partition coefficient (Wildman–Crippen LogP) is 2.41. The largest absolute Gasteiger partial charge is 0.334 e. The van der Waals surface area contributed by atoms with Crippen LogP contribution in [-0.2, 0) is 17.8 Å². The van der Waals surface area contributed by atoms with Crippen LogP contribution in [0.4, 0.5) is 5.69 Å². The molecule has 0 atom stereocenters. The molecule has 0 aliphatic carbocycles. The topological polar surface area (TPSA) is 61.4 Å². The van der Waals surface area contributed by atoms with Crippen LogP contribution < -0.4 is 10.6 Å². The minimum atomic E-state index is -0.119. The van der Waals surface area contributed by atoms with Gasteiger partial charge in [0.15, 0.2) is 0 Å². The number of hydrogen-bond acceptors (Lipinski definition) is 4. The molecule has 24 heavy (non-hydrogen) atoms. The molecule has 126 valence electrons. The molecular formula is C18H21N3O2S. The highest BCUT2D eigenvalue weighted by atomic mass is 32.1. The van der Waals surface area contributed by atoms with Gasteiger partial charge < -0.3 is 15.5 Å². The minimum absolute atomic E-state index is 0.0223. The van der Waals surface area contributed by atoms with Crippen molar-refractivity contribution in [2.45, 2.75) is 19.9 Å². The number of rotatable bonds is 4. The van der Waals surface area contributed by atoms with Gasteiger partial charge >= 0.3 is 0 Å². The van der Waals surface area contributed by atoms with Gasteiger partial charge in [-0.15, -0.1) is 11.3 Å². The first-order valence-corrected chi connectivity index (χ1v) is 8.86. The first-order valence-electron chi connectivity index (χ1n) is 7.98. The van der Waals surface area contributed by atoms with Gasteiger partial charge in [0.1, 0.15) is 0 Å². The van der Waals surface area contributed by atoms with Gasteiger partial charge in [-0.1, -0.05) is 6.07 Å². The summed E-state index contributed by atoms with van der Waals surface area (Å²) >= 11 is 1.76. The van der Waals surface area contributed by atoms with Crippen molar-refractivity contribution < 1.29 is 9.59 Å². The number of carbonyl (C=O) groups excluding carboxylic acids is 2. The van der Waals surface area contributed by atoms with Crippen molar-refractivity contribution in [2.75, 3.05) is 25.5 Å². The highest BCUT2D eigenvalue weighted by Crippen LogP contribution is 2.27. The molecule has 1 aromatic heterocycles. The van der Waals surface area contributed by atoms with Crippen molar-refractivity contribution in [2.24, 2.45) is 0 Å². The third kappa shape index (κ3) is 3.34. The summed E-state index contributed by atoms with van der Waals surface area (Å²) in [5.74, 6) is -0.0971. The summed E-state index contributed by atoms with van der Waals surface area (Å²) in [5, 5.41) is 7.75. The maximum Gasteiger partial charge on any atom is 0.254 e. The molecule has 0 saturated carbocycles. The Morgan fingerprint density at radius 2 is 2.12 bits per heavy atom. The predicted molar refractivity (Wildman–Crippen MR) is 96.5 cm³/mol. The molecule has 6 heteroatoms. The lowest BCUT2D eigenvalue weighted by molar-refractivity contribution is -0.115. The Kier molecular flexibility index (Phi) is 4.97. The van der Waals surface area contributed by atoms with E-state index >= 15 is 0 Å². The maximum absolute atomic E-state index is 12.9. The van der Waals surface area contributed by atoms with Crippen LogP contribution in [0, 0.1) is 6.92 Å². The average molecular weight is 343 g/mol. The molecule has 0 spiro atoms. The number of likely N-dealkylation sites (N-methyl/N-ethyl adjacent to an activating group) is 1. The standard InChI is InChI=1S/C18H21N3O2S/c1-12-14(4-3-5-15(12)20-17(22)10-19-2)18(23)21-8-6-16-13(11-21)7-9-24-16/h3-5,7,9,19H,6,8,10-11H2,1-2H3,(H,20,22). The Hall–Kier alpha value is -2.18. The number of amides is 2. The van der Waals surface area contributed by atoms with E-state index in [2.05, 4.69) is 22.1 Å². The third-order valence-electron chi connectivity index (χ3n) is 4.27. The number of benzene rings is 1. The molecule has 0 unspecified atom stereocenters. The SMILES string of the molecule is CNCC(=O)Nc1cccc(C(=O)N2CCc3sccc3C2)c1C. The van der Waals surface area contributed by atoms with Crippen molar-refractivity contribution in [3.05, 3.63) is 51.2 Å². The first kappa shape index (κ1) is 16.7. The zero-order valence-electron chi connectivity index (χ0n) is 13.9. The van der Waals surface area contributed by atoms with Crippen molar-refractivity contribution in [3.63, 3.8) is 0 Å². The zero-order chi connectivity index (χ0) is 17.1. The Morgan fingerprint density at radius 1 is 1.29 bits per heavy atom. The van der Waals surface area contributed by atoms with Crippen LogP contribution in [0.1, 0.15) is 26.4 Å². The van der Waals surface area contributed by atoms with Crippen LogP contribution in [0.25, 0.3) is 0 Å². The molecule has 0 radical (unpaired) electrons. The van der Waals surface area contributed by atoms with Crippen LogP contribution in [0.2, 0.25) is 0 Å². The maximum atomic E-state index is 12.9. The van der Waals surface area contributed by atoms with Gasteiger partial charge in [-0.25, -0.2) is 0 Å². The second-order valence-corrected chi connectivity index (χ2v) is 6.90. The fourth-order valence-electron chi connectivity index (χ4n) is 2.95. The molecule has 2 aromatic rings. The number of fused-ring (bicyclic) bond motifs is 1. The summed E-state index contributed by atoms with van der Waals surface area (Å²) in [7, 11) is 1.72. The molecule has 2 heterocycles. The van der Waals surface area contributed by atoms with E-state index < -0.39 is 0 Å². The number of anilines is 1. The average Bonchev–Trinajstić information content (AvgIpc) is 3.04. The van der Waals surface area contributed by atoms with E-state index in [9.17, 15) is 9.59 Å². The van der Waals surface area contributed by atoms with E-state index in [0.717, 1.165) is 18.5 Å². The van der Waals surface area contributed by atoms with Crippen molar-refractivity contribution >= 4 is 28.8 Å². The molecule has 5 nitrogen and oxygen atoms in total. The lowest BCUT2D eigenvalue weighted by Gasteiger charge is -2.28. The molecule has 2 amide bonds. The van der Waals surface area contributed by atoms with Gasteiger partial charge in [-0.3, -0.25) is 9.59 Å². The lowest BCUT2D eigenvalue weighted by atomic mass is 10.0. The van der Waals surface area contributed by atoms with Gasteiger partial charge in [0, 0.05) is 29.2 Å². The molecule has 3 rings (SSSR count). The second kappa shape index (κ2) is 7.15. The third-order valence-corrected chi connectivity index (χ3v) is 5.29. The number of carbonyl (C=O) groups is 2. The lowest BCUT2D eigenvalue weighted by Crippen LogP contribution is -2.35. The summed E-state index contributed by atoms with van der Waals surface area (Å²) in [6.45, 7) is 3.52. The quantitative estimate of drug-likeness (QED) is 0.896. The van der Waals surface area contributed by atoms with Crippen LogP contribution in [0.15, 0.2) is 29.6 Å². The Balaban J connectivity index is 1.79. The monoisotopic (exact) mass is 343 g/mol. The van der Waals surface area contributed by atoms with Gasteiger partial charge in [0.25, 0.3) is 5.91 Å². The Labute approximate surface area is 145 Å². The van der Waals surface area contributed by atoms with Crippen LogP contribution in [0.3, 0.4) is 0 Å². The number of nitrogens with one attached hydrogen (secondary N) is 2. The fraction of sp³-hybridized carbons (Fsp3) is 0.333. The molecule has 1 aliphatic heterocycles. The zero-order valence-corrected chi connectivity index (χ0v) is 14.7. The second-order valence-electron chi connectivity index (χ2n) is 5.90. The number of hydrogen-bond donors (Lipinski definition) is 2. The van der Waals surface area contributed by atoms with Crippen LogP contribution in [0.5, 0.6) is 0 Å². The van der Waals surface area contributed by atoms with Crippen molar-refractivity contribution in [1.82, 2.24) is 10.2 Å². The van der Waals surface area contributed by atoms with Gasteiger partial charge in [-0.05, 0) is 55.1 Å². The minimum Gasteiger partial charge on any atom is -0.334 e. The van der Waals surface area contributed by atoms with Crippen molar-refractivity contribution in [3.8, 4) is 0 Å². The Bertz CT molecular complexity index is 769. The summed E-state index contributed by atoms with van der Waals surface area (Å²) in [6.07, 6.45) is 0.913. The van der Waals surface area contributed by atoms with E-state index in [4.69, 9.17) is 0 Å². The molecule has 1 aliphatic rings. The van der Waals surface area contributed by atoms with Gasteiger partial charge in [0.05, 0.1) is 6.54 Å². The molecule has 2 N–H and O–H groups in total. The molecule has 1 aromatic carbocycles. The van der Waals surface area contributed by atoms with E-state index in [-0.39, 0.29) is 18.4 Å². The smallest absolute Gasteiger partial charge is 0.254 e. The van der Waals surface area contributed by atoms with Crippen LogP contribution >= 0.6 is 11.3 Å². The molecule has 0 bridgehead atoms. The van der Waals surface area contributed by atoms with Gasteiger partial charge in [-0.2, -0.15) is 0 Å². The Morgan fingerprint density at radius 3 is 2.92 bits per heavy atom.